The molecular formula is C11H14O2. The second-order valence-electron chi connectivity index (χ2n) is 3.24. The standard InChI is InChI=1S/C11H14O2/c1-4-9-6-10(11(12)13)5-7(2)8(9)3/h5-6H,4H2,1-3H3,(H,12,13). The Bertz CT molecular complexity index is 340. The summed E-state index contributed by atoms with van der Waals surface area (Å²) in [5.74, 6) is -0.849. The molecule has 1 N–H and O–H groups in total. The lowest BCUT2D eigenvalue weighted by molar-refractivity contribution is 0.0696. The maximum Gasteiger partial charge on any atom is 0.335 e. The first-order chi connectivity index (χ1) is 6.06. The SMILES string of the molecule is CCc1cc(C(=O)O)cc(C)c1C. The van der Waals surface area contributed by atoms with E-state index in [1.165, 1.54) is 5.56 Å². The van der Waals surface area contributed by atoms with E-state index in [9.17, 15) is 4.79 Å². The second-order valence-corrected chi connectivity index (χ2v) is 3.24. The second kappa shape index (κ2) is 3.60. The molecule has 0 spiro atoms. The molecule has 0 amide bonds. The summed E-state index contributed by atoms with van der Waals surface area (Å²) in [4.78, 5) is 10.7. The van der Waals surface area contributed by atoms with Crippen molar-refractivity contribution in [1.29, 1.82) is 0 Å². The number of aryl methyl sites for hydroxylation is 2. The first-order valence-electron chi connectivity index (χ1n) is 4.39. The average molecular weight is 178 g/mol. The molecule has 0 aromatic heterocycles. The van der Waals surface area contributed by atoms with E-state index >= 15 is 0 Å². The minimum absolute atomic E-state index is 0.389. The normalized spacial score (nSPS) is 10.1. The Morgan fingerprint density at radius 2 is 2.00 bits per heavy atom. The molecule has 0 fully saturated rings. The number of benzene rings is 1. The minimum Gasteiger partial charge on any atom is -0.478 e. The summed E-state index contributed by atoms with van der Waals surface area (Å²) in [6, 6.07) is 3.47. The van der Waals surface area contributed by atoms with Crippen LogP contribution in [0.2, 0.25) is 0 Å². The van der Waals surface area contributed by atoms with E-state index in [0.29, 0.717) is 5.56 Å². The van der Waals surface area contributed by atoms with E-state index in [0.717, 1.165) is 17.5 Å². The summed E-state index contributed by atoms with van der Waals surface area (Å²) < 4.78 is 0. The third-order valence-corrected chi connectivity index (χ3v) is 2.40. The Balaban J connectivity index is 3.30. The van der Waals surface area contributed by atoms with Gasteiger partial charge in [0.2, 0.25) is 0 Å². The van der Waals surface area contributed by atoms with Gasteiger partial charge in [-0.15, -0.1) is 0 Å². The molecule has 0 aliphatic heterocycles. The molecule has 0 saturated carbocycles. The topological polar surface area (TPSA) is 37.3 Å². The zero-order chi connectivity index (χ0) is 10.0. The quantitative estimate of drug-likeness (QED) is 0.755. The highest BCUT2D eigenvalue weighted by atomic mass is 16.4. The molecular weight excluding hydrogens is 164 g/mol. The number of aromatic carboxylic acids is 1. The molecule has 0 heterocycles. The molecule has 0 aliphatic rings. The first kappa shape index (κ1) is 9.78. The van der Waals surface area contributed by atoms with Gasteiger partial charge < -0.3 is 5.11 Å². The van der Waals surface area contributed by atoms with Crippen molar-refractivity contribution in [3.63, 3.8) is 0 Å². The number of hydrogen-bond acceptors (Lipinski definition) is 1. The van der Waals surface area contributed by atoms with Gasteiger partial charge in [-0.2, -0.15) is 0 Å². The summed E-state index contributed by atoms with van der Waals surface area (Å²) in [6.07, 6.45) is 0.883. The van der Waals surface area contributed by atoms with Crippen molar-refractivity contribution in [3.05, 3.63) is 34.4 Å². The van der Waals surface area contributed by atoms with Crippen LogP contribution in [0.1, 0.15) is 34.0 Å². The van der Waals surface area contributed by atoms with E-state index in [-0.39, 0.29) is 0 Å². The van der Waals surface area contributed by atoms with Crippen LogP contribution < -0.4 is 0 Å². The average Bonchev–Trinajstić information content (AvgIpc) is 2.09. The predicted molar refractivity (Wildman–Crippen MR) is 52.3 cm³/mol. The highest BCUT2D eigenvalue weighted by Crippen LogP contribution is 2.16. The molecule has 70 valence electrons. The highest BCUT2D eigenvalue weighted by molar-refractivity contribution is 5.88. The van der Waals surface area contributed by atoms with Gasteiger partial charge in [0, 0.05) is 0 Å². The fourth-order valence-corrected chi connectivity index (χ4v) is 1.42. The van der Waals surface area contributed by atoms with Gasteiger partial charge in [0.1, 0.15) is 0 Å². The lowest BCUT2D eigenvalue weighted by atomic mass is 9.98. The first-order valence-corrected chi connectivity index (χ1v) is 4.39. The molecule has 2 heteroatoms. The summed E-state index contributed by atoms with van der Waals surface area (Å²) in [5, 5.41) is 8.82. The monoisotopic (exact) mass is 178 g/mol. The molecule has 0 saturated heterocycles. The number of rotatable bonds is 2. The van der Waals surface area contributed by atoms with E-state index < -0.39 is 5.97 Å². The van der Waals surface area contributed by atoms with Gasteiger partial charge in [-0.25, -0.2) is 4.79 Å². The Morgan fingerprint density at radius 3 is 2.46 bits per heavy atom. The largest absolute Gasteiger partial charge is 0.478 e. The molecule has 0 bridgehead atoms. The van der Waals surface area contributed by atoms with Crippen molar-refractivity contribution in [1.82, 2.24) is 0 Å². The number of hydrogen-bond donors (Lipinski definition) is 1. The van der Waals surface area contributed by atoms with Crippen LogP contribution in [0.4, 0.5) is 0 Å². The van der Waals surface area contributed by atoms with Crippen LogP contribution in [0.25, 0.3) is 0 Å². The molecule has 0 radical (unpaired) electrons. The molecule has 1 rings (SSSR count). The molecule has 2 nitrogen and oxygen atoms in total. The summed E-state index contributed by atoms with van der Waals surface area (Å²) in [7, 11) is 0. The Hall–Kier alpha value is -1.31. The van der Waals surface area contributed by atoms with Gasteiger partial charge in [-0.05, 0) is 49.1 Å². The van der Waals surface area contributed by atoms with E-state index in [4.69, 9.17) is 5.11 Å². The maximum absolute atomic E-state index is 10.7. The number of carboxylic acids is 1. The van der Waals surface area contributed by atoms with Crippen molar-refractivity contribution in [2.75, 3.05) is 0 Å². The van der Waals surface area contributed by atoms with Gasteiger partial charge in [0.05, 0.1) is 5.56 Å². The fourth-order valence-electron chi connectivity index (χ4n) is 1.42. The van der Waals surface area contributed by atoms with Gasteiger partial charge in [0.15, 0.2) is 0 Å². The molecule has 13 heavy (non-hydrogen) atoms. The van der Waals surface area contributed by atoms with E-state index in [2.05, 4.69) is 0 Å². The fraction of sp³-hybridized carbons (Fsp3) is 0.364. The highest BCUT2D eigenvalue weighted by Gasteiger charge is 2.07. The van der Waals surface area contributed by atoms with Crippen LogP contribution in [0, 0.1) is 13.8 Å². The molecule has 0 atom stereocenters. The van der Waals surface area contributed by atoms with Crippen molar-refractivity contribution in [2.24, 2.45) is 0 Å². The van der Waals surface area contributed by atoms with Crippen LogP contribution in [-0.4, -0.2) is 11.1 Å². The third-order valence-electron chi connectivity index (χ3n) is 2.40. The number of carbonyl (C=O) groups is 1. The molecule has 1 aromatic rings. The Labute approximate surface area is 78.2 Å². The zero-order valence-corrected chi connectivity index (χ0v) is 8.22. The van der Waals surface area contributed by atoms with Crippen molar-refractivity contribution >= 4 is 5.97 Å². The van der Waals surface area contributed by atoms with E-state index in [1.54, 1.807) is 12.1 Å². The van der Waals surface area contributed by atoms with Crippen LogP contribution in [-0.2, 0) is 6.42 Å². The van der Waals surface area contributed by atoms with Crippen LogP contribution in [0.15, 0.2) is 12.1 Å². The summed E-state index contributed by atoms with van der Waals surface area (Å²) in [6.45, 7) is 6.01. The van der Waals surface area contributed by atoms with Gasteiger partial charge in [0.25, 0.3) is 0 Å². The van der Waals surface area contributed by atoms with Crippen molar-refractivity contribution in [3.8, 4) is 0 Å². The Kier molecular flexibility index (Phi) is 2.71. The number of carboxylic acid groups (broad SMARTS) is 1. The van der Waals surface area contributed by atoms with Gasteiger partial charge >= 0.3 is 5.97 Å². The molecule has 0 aliphatic carbocycles. The van der Waals surface area contributed by atoms with Crippen LogP contribution in [0.3, 0.4) is 0 Å². The van der Waals surface area contributed by atoms with Gasteiger partial charge in [-0.3, -0.25) is 0 Å². The smallest absolute Gasteiger partial charge is 0.335 e. The third kappa shape index (κ3) is 1.89. The lowest BCUT2D eigenvalue weighted by Gasteiger charge is -2.07. The lowest BCUT2D eigenvalue weighted by Crippen LogP contribution is -2.00. The maximum atomic E-state index is 10.7. The Morgan fingerprint density at radius 1 is 1.38 bits per heavy atom. The summed E-state index contributed by atoms with van der Waals surface area (Å²) >= 11 is 0. The predicted octanol–water partition coefficient (Wildman–Crippen LogP) is 2.56. The molecule has 0 unspecified atom stereocenters. The summed E-state index contributed by atoms with van der Waals surface area (Å²) in [5.41, 5.74) is 3.77. The van der Waals surface area contributed by atoms with Crippen molar-refractivity contribution < 1.29 is 9.90 Å². The minimum atomic E-state index is -0.849. The van der Waals surface area contributed by atoms with Crippen molar-refractivity contribution in [2.45, 2.75) is 27.2 Å². The molecule has 1 aromatic carbocycles. The van der Waals surface area contributed by atoms with E-state index in [1.807, 2.05) is 20.8 Å². The zero-order valence-electron chi connectivity index (χ0n) is 8.22. The van der Waals surface area contributed by atoms with Crippen LogP contribution >= 0.6 is 0 Å². The van der Waals surface area contributed by atoms with Gasteiger partial charge in [-0.1, -0.05) is 6.92 Å². The van der Waals surface area contributed by atoms with Crippen LogP contribution in [0.5, 0.6) is 0 Å².